The zero-order valence-corrected chi connectivity index (χ0v) is 21.4. The normalized spacial score (nSPS) is 15.6. The van der Waals surface area contributed by atoms with Gasteiger partial charge < -0.3 is 13.9 Å². The summed E-state index contributed by atoms with van der Waals surface area (Å²) < 4.78 is 16.9. The van der Waals surface area contributed by atoms with E-state index < -0.39 is 0 Å². The molecule has 2 aliphatic heterocycles. The number of nitrogens with one attached hydrogen (secondary N) is 1. The Bertz CT molecular complexity index is 1550. The highest BCUT2D eigenvalue weighted by Gasteiger charge is 2.23. The fourth-order valence-electron chi connectivity index (χ4n) is 4.89. The van der Waals surface area contributed by atoms with Gasteiger partial charge in [-0.25, -0.2) is 0 Å². The Morgan fingerprint density at radius 3 is 2.47 bits per heavy atom. The lowest BCUT2D eigenvalue weighted by atomic mass is 10.0. The van der Waals surface area contributed by atoms with Crippen molar-refractivity contribution in [1.29, 1.82) is 0 Å². The number of fused-ring (bicyclic) bond motifs is 2. The Labute approximate surface area is 224 Å². The maximum Gasteiger partial charge on any atom is 0.240 e. The molecule has 38 heavy (non-hydrogen) atoms. The van der Waals surface area contributed by atoms with Crippen LogP contribution in [-0.4, -0.2) is 55.2 Å². The number of hydrogen-bond donors (Lipinski definition) is 1. The van der Waals surface area contributed by atoms with E-state index in [9.17, 15) is 9.59 Å². The number of halogens is 1. The predicted octanol–water partition coefficient (Wildman–Crippen LogP) is 4.60. The number of ether oxygens (including phenoxy) is 2. The van der Waals surface area contributed by atoms with Crippen molar-refractivity contribution in [3.63, 3.8) is 0 Å². The zero-order valence-electron chi connectivity index (χ0n) is 20.6. The second kappa shape index (κ2) is 10.5. The number of amides is 1. The highest BCUT2D eigenvalue weighted by molar-refractivity contribution is 6.31. The van der Waals surface area contributed by atoms with Crippen LogP contribution < -0.4 is 20.2 Å². The van der Waals surface area contributed by atoms with Gasteiger partial charge in [0.25, 0.3) is 0 Å². The summed E-state index contributed by atoms with van der Waals surface area (Å²) in [6.45, 7) is 4.46. The summed E-state index contributed by atoms with van der Waals surface area (Å²) >= 11 is 6.13. The van der Waals surface area contributed by atoms with Gasteiger partial charge in [-0.3, -0.25) is 24.7 Å². The SMILES string of the molecule is O=C(CN1CCN(Cc2ccc3c(c2)OCO3)CC1)Nc1oc2ccc(Cl)cc2c(=O)c1-c1ccccc1. The van der Waals surface area contributed by atoms with Crippen molar-refractivity contribution in [2.24, 2.45) is 0 Å². The number of piperazine rings is 1. The second-order valence-corrected chi connectivity index (χ2v) is 9.87. The molecule has 8 nitrogen and oxygen atoms in total. The molecule has 3 aromatic carbocycles. The third kappa shape index (κ3) is 5.11. The van der Waals surface area contributed by atoms with Gasteiger partial charge >= 0.3 is 0 Å². The van der Waals surface area contributed by atoms with Crippen LogP contribution in [0, 0.1) is 0 Å². The molecule has 0 saturated carbocycles. The van der Waals surface area contributed by atoms with Crippen molar-refractivity contribution in [3.8, 4) is 22.6 Å². The number of nitrogens with zero attached hydrogens (tertiary/aromatic N) is 2. The van der Waals surface area contributed by atoms with Crippen molar-refractivity contribution in [3.05, 3.63) is 87.5 Å². The van der Waals surface area contributed by atoms with E-state index in [0.717, 1.165) is 44.2 Å². The first-order valence-corrected chi connectivity index (χ1v) is 12.9. The van der Waals surface area contributed by atoms with E-state index in [2.05, 4.69) is 21.2 Å². The van der Waals surface area contributed by atoms with Crippen LogP contribution in [0.25, 0.3) is 22.1 Å². The lowest BCUT2D eigenvalue weighted by molar-refractivity contribution is -0.117. The van der Waals surface area contributed by atoms with Gasteiger partial charge in [-0.2, -0.15) is 0 Å². The highest BCUT2D eigenvalue weighted by Crippen LogP contribution is 2.33. The molecular formula is C29H26ClN3O5. The van der Waals surface area contributed by atoms with Crippen molar-refractivity contribution in [2.45, 2.75) is 6.54 Å². The third-order valence-electron chi connectivity index (χ3n) is 6.84. The van der Waals surface area contributed by atoms with Crippen LogP contribution in [0.4, 0.5) is 5.88 Å². The maximum atomic E-state index is 13.4. The minimum atomic E-state index is -0.243. The average molecular weight is 532 g/mol. The predicted molar refractivity (Wildman–Crippen MR) is 146 cm³/mol. The minimum absolute atomic E-state index is 0.141. The second-order valence-electron chi connectivity index (χ2n) is 9.43. The number of hydrogen-bond acceptors (Lipinski definition) is 7. The van der Waals surface area contributed by atoms with Crippen LogP contribution in [0.3, 0.4) is 0 Å². The smallest absolute Gasteiger partial charge is 0.240 e. The lowest BCUT2D eigenvalue weighted by Gasteiger charge is -2.34. The van der Waals surface area contributed by atoms with Crippen molar-refractivity contribution in [1.82, 2.24) is 9.80 Å². The molecule has 1 amide bonds. The van der Waals surface area contributed by atoms with E-state index in [1.54, 1.807) is 18.2 Å². The number of carbonyl (C=O) groups excluding carboxylic acids is 1. The van der Waals surface area contributed by atoms with Crippen LogP contribution >= 0.6 is 11.6 Å². The van der Waals surface area contributed by atoms with Gasteiger partial charge in [0.1, 0.15) is 5.58 Å². The average Bonchev–Trinajstić information content (AvgIpc) is 3.39. The summed E-state index contributed by atoms with van der Waals surface area (Å²) in [6.07, 6.45) is 0. The van der Waals surface area contributed by atoms with Crippen molar-refractivity contribution < 1.29 is 18.7 Å². The van der Waals surface area contributed by atoms with Gasteiger partial charge in [-0.15, -0.1) is 0 Å². The molecule has 0 bridgehead atoms. The molecule has 1 N–H and O–H groups in total. The fourth-order valence-corrected chi connectivity index (χ4v) is 5.07. The standard InChI is InChI=1S/C29H26ClN3O5/c30-21-7-9-23-22(15-21)28(35)27(20-4-2-1-3-5-20)29(38-23)31-26(34)17-33-12-10-32(11-13-33)16-19-6-8-24-25(14-19)37-18-36-24/h1-9,14-15H,10-13,16-18H2,(H,31,34). The monoisotopic (exact) mass is 531 g/mol. The number of anilines is 1. The molecule has 0 spiro atoms. The van der Waals surface area contributed by atoms with Crippen molar-refractivity contribution >= 4 is 34.4 Å². The van der Waals surface area contributed by atoms with Gasteiger partial charge in [0.2, 0.25) is 24.0 Å². The van der Waals surface area contributed by atoms with Crippen LogP contribution in [0.5, 0.6) is 11.5 Å². The Hall–Kier alpha value is -3.85. The van der Waals surface area contributed by atoms with Crippen LogP contribution in [0.15, 0.2) is 75.9 Å². The molecule has 1 aromatic heterocycles. The lowest BCUT2D eigenvalue weighted by Crippen LogP contribution is -2.48. The largest absolute Gasteiger partial charge is 0.454 e. The van der Waals surface area contributed by atoms with E-state index >= 15 is 0 Å². The Morgan fingerprint density at radius 1 is 0.895 bits per heavy atom. The maximum absolute atomic E-state index is 13.4. The molecule has 0 atom stereocenters. The molecule has 0 aliphatic carbocycles. The summed E-state index contributed by atoms with van der Waals surface area (Å²) in [5.74, 6) is 1.48. The topological polar surface area (TPSA) is 84.2 Å². The molecule has 0 radical (unpaired) electrons. The molecule has 4 aromatic rings. The summed E-state index contributed by atoms with van der Waals surface area (Å²) in [4.78, 5) is 31.0. The molecule has 9 heteroatoms. The molecule has 1 saturated heterocycles. The van der Waals surface area contributed by atoms with E-state index in [4.69, 9.17) is 25.5 Å². The molecule has 3 heterocycles. The number of carbonyl (C=O) groups is 1. The summed E-state index contributed by atoms with van der Waals surface area (Å²) in [5.41, 5.74) is 2.26. The van der Waals surface area contributed by atoms with E-state index in [1.807, 2.05) is 42.5 Å². The summed E-state index contributed by atoms with van der Waals surface area (Å²) in [6, 6.07) is 20.1. The molecule has 1 fully saturated rings. The molecular weight excluding hydrogens is 506 g/mol. The Balaban J connectivity index is 1.13. The zero-order chi connectivity index (χ0) is 26.1. The van der Waals surface area contributed by atoms with Gasteiger partial charge in [0, 0.05) is 37.7 Å². The molecule has 6 rings (SSSR count). The number of benzene rings is 3. The first-order chi connectivity index (χ1) is 18.5. The summed E-state index contributed by atoms with van der Waals surface area (Å²) in [7, 11) is 0. The first kappa shape index (κ1) is 24.5. The van der Waals surface area contributed by atoms with Crippen molar-refractivity contribution in [2.75, 3.05) is 44.8 Å². The van der Waals surface area contributed by atoms with E-state index in [1.165, 1.54) is 5.56 Å². The fraction of sp³-hybridized carbons (Fsp3) is 0.241. The highest BCUT2D eigenvalue weighted by atomic mass is 35.5. The van der Waals surface area contributed by atoms with Gasteiger partial charge in [0.05, 0.1) is 17.5 Å². The van der Waals surface area contributed by atoms with Crippen LogP contribution in [-0.2, 0) is 11.3 Å². The van der Waals surface area contributed by atoms with Crippen LogP contribution in [0.2, 0.25) is 5.02 Å². The van der Waals surface area contributed by atoms with E-state index in [0.29, 0.717) is 27.1 Å². The number of rotatable bonds is 6. The molecule has 2 aliphatic rings. The van der Waals surface area contributed by atoms with Crippen LogP contribution in [0.1, 0.15) is 5.56 Å². The van der Waals surface area contributed by atoms with E-state index in [-0.39, 0.29) is 30.6 Å². The third-order valence-corrected chi connectivity index (χ3v) is 7.08. The quantitative estimate of drug-likeness (QED) is 0.389. The first-order valence-electron chi connectivity index (χ1n) is 12.5. The molecule has 0 unspecified atom stereocenters. The van der Waals surface area contributed by atoms with Gasteiger partial charge in [-0.1, -0.05) is 48.0 Å². The van der Waals surface area contributed by atoms with Gasteiger partial charge in [0.15, 0.2) is 11.5 Å². The Morgan fingerprint density at radius 2 is 1.66 bits per heavy atom. The molecule has 194 valence electrons. The summed E-state index contributed by atoms with van der Waals surface area (Å²) in [5, 5.41) is 3.67. The van der Waals surface area contributed by atoms with Gasteiger partial charge in [-0.05, 0) is 41.5 Å². The Kier molecular flexibility index (Phi) is 6.76. The minimum Gasteiger partial charge on any atom is -0.454 e.